The summed E-state index contributed by atoms with van der Waals surface area (Å²) >= 11 is 0. The van der Waals surface area contributed by atoms with Crippen molar-refractivity contribution in [2.45, 2.75) is 32.4 Å². The molecule has 1 aromatic rings. The minimum atomic E-state index is -1.29. The Morgan fingerprint density at radius 2 is 1.96 bits per heavy atom. The molecular formula is C15H21N3O6. The van der Waals surface area contributed by atoms with Crippen LogP contribution >= 0.6 is 0 Å². The normalized spacial score (nSPS) is 12.2. The van der Waals surface area contributed by atoms with Crippen LogP contribution in [0.25, 0.3) is 0 Å². The molecule has 0 fully saturated rings. The Bertz CT molecular complexity index is 626. The summed E-state index contributed by atoms with van der Waals surface area (Å²) in [6.07, 6.45) is -0.870. The van der Waals surface area contributed by atoms with Gasteiger partial charge in [-0.25, -0.2) is 9.59 Å². The van der Waals surface area contributed by atoms with E-state index in [2.05, 4.69) is 5.32 Å². The second-order valence-corrected chi connectivity index (χ2v) is 6.16. The standard InChI is InChI=1S/C15H21N3O6/c1-15(2,3)24-14(21)16-10(13(19)20)9-17(4)11-7-5-6-8-12(11)18(22)23/h5-8,10H,9H2,1-4H3,(H,16,21)(H,19,20)/t10-/m1/s1. The predicted octanol–water partition coefficient (Wildman–Crippen LogP) is 2.01. The number of likely N-dealkylation sites (N-methyl/N-ethyl adjacent to an activating group) is 1. The first-order valence-electron chi connectivity index (χ1n) is 7.18. The Balaban J connectivity index is 2.88. The molecule has 0 heterocycles. The van der Waals surface area contributed by atoms with Gasteiger partial charge in [0.15, 0.2) is 0 Å². The highest BCUT2D eigenvalue weighted by Crippen LogP contribution is 2.26. The number of hydrogen-bond acceptors (Lipinski definition) is 6. The quantitative estimate of drug-likeness (QED) is 0.600. The third-order valence-electron chi connectivity index (χ3n) is 2.94. The van der Waals surface area contributed by atoms with Gasteiger partial charge in [0.1, 0.15) is 17.3 Å². The number of benzene rings is 1. The number of amides is 1. The number of nitro benzene ring substituents is 1. The van der Waals surface area contributed by atoms with Crippen molar-refractivity contribution in [2.75, 3.05) is 18.5 Å². The molecule has 0 radical (unpaired) electrons. The van der Waals surface area contributed by atoms with E-state index >= 15 is 0 Å². The first-order valence-corrected chi connectivity index (χ1v) is 7.18. The number of ether oxygens (including phenoxy) is 1. The Morgan fingerprint density at radius 1 is 1.38 bits per heavy atom. The van der Waals surface area contributed by atoms with Gasteiger partial charge in [-0.15, -0.1) is 0 Å². The van der Waals surface area contributed by atoms with Crippen LogP contribution < -0.4 is 10.2 Å². The Hall–Kier alpha value is -2.84. The number of nitrogens with one attached hydrogen (secondary N) is 1. The molecule has 0 aliphatic carbocycles. The first-order chi connectivity index (χ1) is 11.0. The summed E-state index contributed by atoms with van der Waals surface area (Å²) in [5.74, 6) is -1.27. The van der Waals surface area contributed by atoms with E-state index in [1.165, 1.54) is 30.1 Å². The number of alkyl carbamates (subject to hydrolysis) is 1. The molecule has 0 aromatic heterocycles. The zero-order valence-corrected chi connectivity index (χ0v) is 14.0. The van der Waals surface area contributed by atoms with Gasteiger partial charge in [0.25, 0.3) is 5.69 Å². The molecular weight excluding hydrogens is 318 g/mol. The first kappa shape index (κ1) is 19.2. The van der Waals surface area contributed by atoms with Crippen molar-refractivity contribution < 1.29 is 24.4 Å². The summed E-state index contributed by atoms with van der Waals surface area (Å²) < 4.78 is 5.03. The largest absolute Gasteiger partial charge is 0.480 e. The van der Waals surface area contributed by atoms with Crippen LogP contribution in [-0.4, -0.2) is 47.3 Å². The van der Waals surface area contributed by atoms with Crippen molar-refractivity contribution >= 4 is 23.4 Å². The van der Waals surface area contributed by atoms with Crippen molar-refractivity contribution in [2.24, 2.45) is 0 Å². The number of carboxylic acids is 1. The monoisotopic (exact) mass is 339 g/mol. The van der Waals surface area contributed by atoms with Crippen molar-refractivity contribution in [1.82, 2.24) is 5.32 Å². The molecule has 132 valence electrons. The zero-order valence-electron chi connectivity index (χ0n) is 14.0. The fourth-order valence-corrected chi connectivity index (χ4v) is 1.95. The number of carboxylic acid groups (broad SMARTS) is 1. The third-order valence-corrected chi connectivity index (χ3v) is 2.94. The molecule has 1 atom stereocenters. The molecule has 9 nitrogen and oxygen atoms in total. The van der Waals surface area contributed by atoms with Crippen LogP contribution in [0.5, 0.6) is 0 Å². The van der Waals surface area contributed by atoms with E-state index in [4.69, 9.17) is 4.74 Å². The lowest BCUT2D eigenvalue weighted by atomic mass is 10.2. The molecule has 0 aliphatic heterocycles. The van der Waals surface area contributed by atoms with Crippen LogP contribution in [0.2, 0.25) is 0 Å². The second-order valence-electron chi connectivity index (χ2n) is 6.16. The maximum atomic E-state index is 11.7. The topological polar surface area (TPSA) is 122 Å². The molecule has 1 rings (SSSR count). The Labute approximate surface area is 139 Å². The molecule has 0 saturated heterocycles. The van der Waals surface area contributed by atoms with Gasteiger partial charge in [-0.05, 0) is 26.8 Å². The fourth-order valence-electron chi connectivity index (χ4n) is 1.95. The van der Waals surface area contributed by atoms with Gasteiger partial charge < -0.3 is 20.1 Å². The highest BCUT2D eigenvalue weighted by molar-refractivity contribution is 5.81. The number of anilines is 1. The van der Waals surface area contributed by atoms with Crippen LogP contribution in [0.1, 0.15) is 20.8 Å². The van der Waals surface area contributed by atoms with E-state index in [0.717, 1.165) is 0 Å². The van der Waals surface area contributed by atoms with Crippen LogP contribution in [0.3, 0.4) is 0 Å². The Kier molecular flexibility index (Phi) is 6.10. The predicted molar refractivity (Wildman–Crippen MR) is 87.2 cm³/mol. The minimum Gasteiger partial charge on any atom is -0.480 e. The van der Waals surface area contributed by atoms with E-state index < -0.39 is 28.6 Å². The average molecular weight is 339 g/mol. The zero-order chi connectivity index (χ0) is 18.5. The summed E-state index contributed by atoms with van der Waals surface area (Å²) in [5.41, 5.74) is -0.668. The number of nitro groups is 1. The Morgan fingerprint density at radius 3 is 2.46 bits per heavy atom. The average Bonchev–Trinajstić information content (AvgIpc) is 2.44. The SMILES string of the molecule is CN(C[C@@H](NC(=O)OC(C)(C)C)C(=O)O)c1ccccc1[N+](=O)[O-]. The van der Waals surface area contributed by atoms with Crippen LogP contribution in [-0.2, 0) is 9.53 Å². The summed E-state index contributed by atoms with van der Waals surface area (Å²) in [7, 11) is 1.51. The number of aliphatic carboxylic acids is 1. The van der Waals surface area contributed by atoms with Gasteiger partial charge in [0.2, 0.25) is 0 Å². The van der Waals surface area contributed by atoms with E-state index in [0.29, 0.717) is 0 Å². The molecule has 0 spiro atoms. The van der Waals surface area contributed by atoms with E-state index in [1.54, 1.807) is 26.8 Å². The van der Waals surface area contributed by atoms with Gasteiger partial charge in [-0.2, -0.15) is 0 Å². The summed E-state index contributed by atoms with van der Waals surface area (Å²) in [6, 6.07) is 4.66. The maximum Gasteiger partial charge on any atom is 0.408 e. The van der Waals surface area contributed by atoms with E-state index in [-0.39, 0.29) is 17.9 Å². The molecule has 0 aliphatic rings. The van der Waals surface area contributed by atoms with Crippen molar-refractivity contribution in [3.63, 3.8) is 0 Å². The molecule has 24 heavy (non-hydrogen) atoms. The van der Waals surface area contributed by atoms with Gasteiger partial charge >= 0.3 is 12.1 Å². The fraction of sp³-hybridized carbons (Fsp3) is 0.467. The number of carbonyl (C=O) groups excluding carboxylic acids is 1. The summed E-state index contributed by atoms with van der Waals surface area (Å²) in [4.78, 5) is 35.0. The summed E-state index contributed by atoms with van der Waals surface area (Å²) in [5, 5.41) is 22.6. The van der Waals surface area contributed by atoms with Crippen molar-refractivity contribution in [3.05, 3.63) is 34.4 Å². The number of carbonyl (C=O) groups is 2. The van der Waals surface area contributed by atoms with Crippen LogP contribution in [0, 0.1) is 10.1 Å². The van der Waals surface area contributed by atoms with Gasteiger partial charge in [-0.1, -0.05) is 12.1 Å². The number of hydrogen-bond donors (Lipinski definition) is 2. The molecule has 0 unspecified atom stereocenters. The van der Waals surface area contributed by atoms with Crippen LogP contribution in [0.15, 0.2) is 24.3 Å². The van der Waals surface area contributed by atoms with E-state index in [9.17, 15) is 24.8 Å². The number of nitrogens with zero attached hydrogens (tertiary/aromatic N) is 2. The number of para-hydroxylation sites is 2. The third kappa shape index (κ3) is 5.75. The molecule has 9 heteroatoms. The summed E-state index contributed by atoms with van der Waals surface area (Å²) in [6.45, 7) is 4.80. The molecule has 0 bridgehead atoms. The van der Waals surface area contributed by atoms with E-state index in [1.807, 2.05) is 0 Å². The van der Waals surface area contributed by atoms with Crippen molar-refractivity contribution in [1.29, 1.82) is 0 Å². The van der Waals surface area contributed by atoms with Gasteiger partial charge in [0.05, 0.1) is 4.92 Å². The molecule has 1 amide bonds. The lowest BCUT2D eigenvalue weighted by Gasteiger charge is -2.25. The second kappa shape index (κ2) is 7.62. The van der Waals surface area contributed by atoms with Crippen molar-refractivity contribution in [3.8, 4) is 0 Å². The lowest BCUT2D eigenvalue weighted by molar-refractivity contribution is -0.384. The number of rotatable bonds is 6. The highest BCUT2D eigenvalue weighted by atomic mass is 16.6. The van der Waals surface area contributed by atoms with Gasteiger partial charge in [-0.3, -0.25) is 10.1 Å². The van der Waals surface area contributed by atoms with Gasteiger partial charge in [0, 0.05) is 19.7 Å². The smallest absolute Gasteiger partial charge is 0.408 e. The highest BCUT2D eigenvalue weighted by Gasteiger charge is 2.27. The molecule has 2 N–H and O–H groups in total. The lowest BCUT2D eigenvalue weighted by Crippen LogP contribution is -2.49. The molecule has 0 saturated carbocycles. The van der Waals surface area contributed by atoms with Crippen LogP contribution in [0.4, 0.5) is 16.2 Å². The maximum absolute atomic E-state index is 11.7. The molecule has 1 aromatic carbocycles. The minimum absolute atomic E-state index is 0.151.